The van der Waals surface area contributed by atoms with Gasteiger partial charge in [-0.05, 0) is 24.4 Å². The first-order valence-electron chi connectivity index (χ1n) is 3.73. The van der Waals surface area contributed by atoms with Gasteiger partial charge in [-0.3, -0.25) is 5.43 Å². The van der Waals surface area contributed by atoms with Crippen molar-refractivity contribution in [2.45, 2.75) is 0 Å². The topological polar surface area (TPSA) is 27.3 Å². The van der Waals surface area contributed by atoms with Crippen molar-refractivity contribution in [1.82, 2.24) is 10.9 Å². The van der Waals surface area contributed by atoms with E-state index < -0.39 is 0 Å². The van der Waals surface area contributed by atoms with Crippen molar-refractivity contribution in [3.8, 4) is 0 Å². The van der Waals surface area contributed by atoms with Crippen LogP contribution in [0, 0.1) is 0 Å². The van der Waals surface area contributed by atoms with Gasteiger partial charge in [0.2, 0.25) is 0 Å². The van der Waals surface area contributed by atoms with Gasteiger partial charge in [-0.2, -0.15) is 0 Å². The van der Waals surface area contributed by atoms with Crippen LogP contribution in [0.1, 0.15) is 0 Å². The summed E-state index contributed by atoms with van der Waals surface area (Å²) in [6.45, 7) is 0.725. The molecule has 0 unspecified atom stereocenters. The maximum Gasteiger partial charge on any atom is 0.189 e. The number of rotatable bonds is 1. The fraction of sp³-hybridized carbons (Fsp3) is 0.125. The Morgan fingerprint density at radius 3 is 2.58 bits per heavy atom. The average molecular weight is 179 g/mol. The number of nitrogens with one attached hydrogen (secondary N) is 2. The third-order valence-corrected chi connectivity index (χ3v) is 2.07. The van der Waals surface area contributed by atoms with Crippen LogP contribution in [-0.4, -0.2) is 11.8 Å². The second-order valence-electron chi connectivity index (χ2n) is 2.53. The van der Waals surface area contributed by atoms with Crippen LogP contribution < -0.4 is 15.8 Å². The van der Waals surface area contributed by atoms with E-state index in [-0.39, 0.29) is 0 Å². The van der Waals surface area contributed by atoms with E-state index in [2.05, 4.69) is 10.9 Å². The summed E-state index contributed by atoms with van der Waals surface area (Å²) in [7, 11) is 0. The molecule has 4 heteroatoms. The maximum atomic E-state index is 5.07. The van der Waals surface area contributed by atoms with Crippen molar-refractivity contribution in [3.05, 3.63) is 30.3 Å². The highest BCUT2D eigenvalue weighted by Crippen LogP contribution is 2.13. The minimum Gasteiger partial charge on any atom is -0.303 e. The molecular weight excluding hydrogens is 170 g/mol. The van der Waals surface area contributed by atoms with Gasteiger partial charge in [0.1, 0.15) is 0 Å². The number of nitrogens with zero attached hydrogens (tertiary/aromatic N) is 1. The van der Waals surface area contributed by atoms with E-state index in [0.29, 0.717) is 0 Å². The minimum atomic E-state index is 0.723. The normalized spacial score (nSPS) is 16.3. The zero-order chi connectivity index (χ0) is 8.39. The average Bonchev–Trinajstić information content (AvgIpc) is 2.53. The number of anilines is 1. The van der Waals surface area contributed by atoms with Gasteiger partial charge in [0.05, 0.1) is 6.67 Å². The van der Waals surface area contributed by atoms with E-state index in [9.17, 15) is 0 Å². The monoisotopic (exact) mass is 179 g/mol. The lowest BCUT2D eigenvalue weighted by molar-refractivity contribution is 0.743. The predicted octanol–water partition coefficient (Wildman–Crippen LogP) is 0.843. The molecule has 2 N–H and O–H groups in total. The SMILES string of the molecule is S=C1NNCN1c1ccccc1. The number of hydrogen-bond donors (Lipinski definition) is 2. The van der Waals surface area contributed by atoms with Crippen LogP contribution in [0.4, 0.5) is 5.69 Å². The number of thiocarbonyl (C=S) groups is 1. The van der Waals surface area contributed by atoms with Crippen LogP contribution in [-0.2, 0) is 0 Å². The molecule has 1 aliphatic rings. The molecule has 1 aromatic rings. The zero-order valence-electron chi connectivity index (χ0n) is 6.45. The van der Waals surface area contributed by atoms with E-state index in [1.807, 2.05) is 35.2 Å². The fourth-order valence-corrected chi connectivity index (χ4v) is 1.39. The Labute approximate surface area is 76.3 Å². The summed E-state index contributed by atoms with van der Waals surface area (Å²) in [4.78, 5) is 2.00. The Hall–Kier alpha value is -1.13. The van der Waals surface area contributed by atoms with Crippen molar-refractivity contribution in [2.24, 2.45) is 0 Å². The summed E-state index contributed by atoms with van der Waals surface area (Å²) in [5, 5.41) is 0.723. The van der Waals surface area contributed by atoms with Crippen molar-refractivity contribution in [2.75, 3.05) is 11.6 Å². The first-order valence-corrected chi connectivity index (χ1v) is 4.14. The fourth-order valence-electron chi connectivity index (χ4n) is 1.15. The molecule has 0 spiro atoms. The number of para-hydroxylation sites is 1. The molecule has 1 aliphatic heterocycles. The molecule has 3 nitrogen and oxygen atoms in total. The summed E-state index contributed by atoms with van der Waals surface area (Å²) < 4.78 is 0. The standard InChI is InChI=1S/C8H9N3S/c12-8-10-9-6-11(8)7-4-2-1-3-5-7/h1-5,9H,6H2,(H,10,12). The molecule has 0 aliphatic carbocycles. The Kier molecular flexibility index (Phi) is 1.93. The maximum absolute atomic E-state index is 5.07. The molecule has 1 heterocycles. The van der Waals surface area contributed by atoms with Crippen LogP contribution in [0.2, 0.25) is 0 Å². The summed E-state index contributed by atoms with van der Waals surface area (Å²) in [6.07, 6.45) is 0. The molecule has 0 saturated carbocycles. The van der Waals surface area contributed by atoms with Gasteiger partial charge in [0, 0.05) is 5.69 Å². The Bertz CT molecular complexity index is 286. The van der Waals surface area contributed by atoms with Gasteiger partial charge in [-0.25, -0.2) is 5.43 Å². The van der Waals surface area contributed by atoms with Gasteiger partial charge < -0.3 is 4.90 Å². The lowest BCUT2D eigenvalue weighted by atomic mass is 10.3. The van der Waals surface area contributed by atoms with Crippen LogP contribution in [0.25, 0.3) is 0 Å². The number of benzene rings is 1. The Morgan fingerprint density at radius 1 is 1.25 bits per heavy atom. The first kappa shape index (κ1) is 7.52. The predicted molar refractivity (Wildman–Crippen MR) is 52.7 cm³/mol. The molecule has 0 bridgehead atoms. The van der Waals surface area contributed by atoms with Crippen LogP contribution in [0.15, 0.2) is 30.3 Å². The van der Waals surface area contributed by atoms with Crippen LogP contribution in [0.5, 0.6) is 0 Å². The summed E-state index contributed by atoms with van der Waals surface area (Å²) >= 11 is 5.07. The molecule has 1 fully saturated rings. The third kappa shape index (κ3) is 1.26. The highest BCUT2D eigenvalue weighted by atomic mass is 32.1. The molecule has 0 atom stereocenters. The second-order valence-corrected chi connectivity index (χ2v) is 2.92. The molecule has 1 saturated heterocycles. The summed E-state index contributed by atoms with van der Waals surface area (Å²) in [6, 6.07) is 10.0. The zero-order valence-corrected chi connectivity index (χ0v) is 7.27. The second kappa shape index (κ2) is 3.08. The largest absolute Gasteiger partial charge is 0.303 e. The van der Waals surface area contributed by atoms with E-state index in [1.165, 1.54) is 0 Å². The molecule has 1 aromatic carbocycles. The van der Waals surface area contributed by atoms with Gasteiger partial charge in [0.25, 0.3) is 0 Å². The molecule has 0 amide bonds. The van der Waals surface area contributed by atoms with Crippen molar-refractivity contribution >= 4 is 23.0 Å². The molecular formula is C8H9N3S. The van der Waals surface area contributed by atoms with E-state index in [1.54, 1.807) is 0 Å². The quantitative estimate of drug-likeness (QED) is 0.625. The Morgan fingerprint density at radius 2 is 2.00 bits per heavy atom. The Balaban J connectivity index is 2.25. The van der Waals surface area contributed by atoms with E-state index in [4.69, 9.17) is 12.2 Å². The van der Waals surface area contributed by atoms with Crippen LogP contribution in [0.3, 0.4) is 0 Å². The highest BCUT2D eigenvalue weighted by Gasteiger charge is 2.16. The molecule has 0 aromatic heterocycles. The molecule has 0 radical (unpaired) electrons. The first-order chi connectivity index (χ1) is 5.88. The summed E-state index contributed by atoms with van der Waals surface area (Å²) in [5.74, 6) is 0. The van der Waals surface area contributed by atoms with Crippen molar-refractivity contribution in [1.29, 1.82) is 0 Å². The van der Waals surface area contributed by atoms with E-state index >= 15 is 0 Å². The highest BCUT2D eigenvalue weighted by molar-refractivity contribution is 7.80. The van der Waals surface area contributed by atoms with Crippen molar-refractivity contribution in [3.63, 3.8) is 0 Å². The van der Waals surface area contributed by atoms with Gasteiger partial charge in [0.15, 0.2) is 5.11 Å². The molecule has 12 heavy (non-hydrogen) atoms. The minimum absolute atomic E-state index is 0.723. The summed E-state index contributed by atoms with van der Waals surface area (Å²) in [5.41, 5.74) is 6.94. The lowest BCUT2D eigenvalue weighted by Gasteiger charge is -2.14. The van der Waals surface area contributed by atoms with Crippen LogP contribution >= 0.6 is 12.2 Å². The molecule has 62 valence electrons. The molecule has 2 rings (SSSR count). The van der Waals surface area contributed by atoms with Gasteiger partial charge in [-0.1, -0.05) is 18.2 Å². The third-order valence-electron chi connectivity index (χ3n) is 1.75. The van der Waals surface area contributed by atoms with Gasteiger partial charge >= 0.3 is 0 Å². The van der Waals surface area contributed by atoms with Gasteiger partial charge in [-0.15, -0.1) is 0 Å². The number of hydrogen-bond acceptors (Lipinski definition) is 2. The smallest absolute Gasteiger partial charge is 0.189 e. The van der Waals surface area contributed by atoms with Crippen molar-refractivity contribution < 1.29 is 0 Å². The van der Waals surface area contributed by atoms with E-state index in [0.717, 1.165) is 17.5 Å². The lowest BCUT2D eigenvalue weighted by Crippen LogP contribution is -2.28. The number of hydrazine groups is 1.